The molecule has 0 N–H and O–H groups in total. The van der Waals surface area contributed by atoms with Gasteiger partial charge in [-0.05, 0) is 96.8 Å². The average molecular weight is 551 g/mol. The maximum Gasteiger partial charge on any atom is 0.317 e. The van der Waals surface area contributed by atoms with E-state index in [-0.39, 0.29) is 0 Å². The van der Waals surface area contributed by atoms with Crippen LogP contribution in [-0.4, -0.2) is 65.6 Å². The molecule has 7 nitrogen and oxygen atoms in total. The fourth-order valence-corrected chi connectivity index (χ4v) is 28.2. The topological polar surface area (TPSA) is 64.0 Å². The molecule has 0 spiro atoms. The van der Waals surface area contributed by atoms with E-state index < -0.39 is 42.3 Å². The summed E-state index contributed by atoms with van der Waals surface area (Å²) in [5.41, 5.74) is 0. The molecule has 0 aliphatic heterocycles. The summed E-state index contributed by atoms with van der Waals surface area (Å²) in [6.07, 6.45) is 8.76. The zero-order valence-corrected chi connectivity index (χ0v) is 28.1. The summed E-state index contributed by atoms with van der Waals surface area (Å²) in [4.78, 5) is 4.17. The normalized spacial score (nSPS) is 17.1. The molecule has 2 atom stereocenters. The second kappa shape index (κ2) is 12.9. The molecular weight excluding hydrogens is 501 g/mol. The molecule has 0 saturated heterocycles. The largest absolute Gasteiger partial charge is 0.437 e. The Balaban J connectivity index is 3.08. The first-order chi connectivity index (χ1) is 15.0. The molecule has 33 heavy (non-hydrogen) atoms. The highest BCUT2D eigenvalue weighted by Gasteiger charge is 2.48. The van der Waals surface area contributed by atoms with E-state index in [2.05, 4.69) is 75.0 Å². The van der Waals surface area contributed by atoms with Crippen LogP contribution in [0.3, 0.4) is 0 Å². The molecule has 0 aromatic carbocycles. The molecule has 0 saturated carbocycles. The van der Waals surface area contributed by atoms with Gasteiger partial charge in [-0.3, -0.25) is 0 Å². The van der Waals surface area contributed by atoms with E-state index in [4.69, 9.17) is 21.2 Å². The maximum atomic E-state index is 7.12. The molecule has 12 heteroatoms. The molecule has 1 heterocycles. The van der Waals surface area contributed by atoms with Gasteiger partial charge in [0.15, 0.2) is 16.6 Å². The number of hydrogen-bond donors (Lipinski definition) is 0. The summed E-state index contributed by atoms with van der Waals surface area (Å²) in [7, 11) is -9.12. The molecule has 0 aliphatic carbocycles. The second-order valence-electron chi connectivity index (χ2n) is 11.7. The van der Waals surface area contributed by atoms with Crippen LogP contribution in [0.2, 0.25) is 77.6 Å². The fraction of sp³-hybridized carbons (Fsp3) is 0.857. The lowest BCUT2D eigenvalue weighted by Crippen LogP contribution is -2.60. The summed E-state index contributed by atoms with van der Waals surface area (Å²) in [6.45, 7) is 24.0. The van der Waals surface area contributed by atoms with Crippen LogP contribution in [0.25, 0.3) is 0 Å². The van der Waals surface area contributed by atoms with Crippen molar-refractivity contribution < 1.29 is 21.2 Å². The van der Waals surface area contributed by atoms with Crippen LogP contribution in [0.15, 0.2) is 18.7 Å². The van der Waals surface area contributed by atoms with Crippen molar-refractivity contribution in [3.63, 3.8) is 0 Å². The van der Waals surface area contributed by atoms with Gasteiger partial charge in [0, 0.05) is 32.7 Å². The predicted octanol–water partition coefficient (Wildman–Crippen LogP) is 6.28. The predicted molar refractivity (Wildman–Crippen MR) is 149 cm³/mol. The van der Waals surface area contributed by atoms with Crippen LogP contribution in [0.1, 0.15) is 19.3 Å². The quantitative estimate of drug-likeness (QED) is 0.168. The molecule has 1 aromatic rings. The van der Waals surface area contributed by atoms with E-state index in [0.29, 0.717) is 0 Å². The lowest BCUT2D eigenvalue weighted by atomic mass is 10.4. The van der Waals surface area contributed by atoms with Crippen LogP contribution < -0.4 is 0 Å². The number of aryl methyl sites for hydroxylation is 1. The number of imidazole rings is 1. The zero-order valence-electron chi connectivity index (χ0n) is 23.1. The number of unbranched alkanes of at least 4 members (excludes halogenated alkanes) is 1. The molecule has 0 radical (unpaired) electrons. The smallest absolute Gasteiger partial charge is 0.317 e. The standard InChI is InChI=1S/C21H50N2O5Si5/c1-24-18-12-13-19-32(10,26-30(5,6)7)28-33(11,20-14-16-23-17-15-22-21-23)27-31(8,9)25-29(2,3)4/h15,17,21H,12-14,16,18-20H2,1-11H3. The summed E-state index contributed by atoms with van der Waals surface area (Å²) >= 11 is 0. The molecule has 0 amide bonds. The van der Waals surface area contributed by atoms with Gasteiger partial charge in [-0.25, -0.2) is 4.98 Å². The average Bonchev–Trinajstić information content (AvgIpc) is 3.07. The SMILES string of the molecule is COCCCC[Si](C)(O[Si](C)(C)C)O[Si](C)(CCCn1ccnc1)O[Si](C)(C)O[Si](C)(C)C. The van der Waals surface area contributed by atoms with Gasteiger partial charge in [0.25, 0.3) is 0 Å². The van der Waals surface area contributed by atoms with Gasteiger partial charge in [-0.15, -0.1) is 0 Å². The summed E-state index contributed by atoms with van der Waals surface area (Å²) < 4.78 is 34.8. The number of hydrogen-bond acceptors (Lipinski definition) is 6. The van der Waals surface area contributed by atoms with Crippen molar-refractivity contribution in [2.24, 2.45) is 0 Å². The van der Waals surface area contributed by atoms with E-state index in [0.717, 1.165) is 44.5 Å². The van der Waals surface area contributed by atoms with E-state index in [9.17, 15) is 0 Å². The van der Waals surface area contributed by atoms with Crippen LogP contribution >= 0.6 is 0 Å². The Kier molecular flexibility index (Phi) is 12.1. The first kappa shape index (κ1) is 31.1. The minimum absolute atomic E-state index is 0.775. The lowest BCUT2D eigenvalue weighted by molar-refractivity contribution is 0.193. The first-order valence-corrected chi connectivity index (χ1v) is 26.9. The van der Waals surface area contributed by atoms with Crippen LogP contribution in [-0.2, 0) is 27.7 Å². The molecular formula is C21H50N2O5Si5. The number of nitrogens with zero attached hydrogens (tertiary/aromatic N) is 2. The van der Waals surface area contributed by atoms with Crippen molar-refractivity contribution in [3.8, 4) is 0 Å². The highest BCUT2D eigenvalue weighted by molar-refractivity contribution is 6.90. The van der Waals surface area contributed by atoms with Gasteiger partial charge in [-0.2, -0.15) is 0 Å². The third-order valence-corrected chi connectivity index (χ3v) is 23.1. The Morgan fingerprint density at radius 3 is 1.79 bits per heavy atom. The Bertz CT molecular complexity index is 682. The molecule has 1 rings (SSSR count). The van der Waals surface area contributed by atoms with Gasteiger partial charge in [-0.1, -0.05) is 0 Å². The molecule has 2 unspecified atom stereocenters. The summed E-state index contributed by atoms with van der Waals surface area (Å²) in [6, 6.07) is 1.87. The van der Waals surface area contributed by atoms with Crippen molar-refractivity contribution >= 4 is 42.3 Å². The Morgan fingerprint density at radius 1 is 0.697 bits per heavy atom. The highest BCUT2D eigenvalue weighted by atomic mass is 28.5. The molecule has 194 valence electrons. The Hall–Kier alpha value is 0.0944. The van der Waals surface area contributed by atoms with E-state index in [1.165, 1.54) is 0 Å². The minimum Gasteiger partial charge on any atom is -0.437 e. The molecule has 0 fully saturated rings. The molecule has 0 bridgehead atoms. The lowest BCUT2D eigenvalue weighted by Gasteiger charge is -2.44. The van der Waals surface area contributed by atoms with E-state index in [1.807, 2.05) is 18.7 Å². The van der Waals surface area contributed by atoms with E-state index >= 15 is 0 Å². The Morgan fingerprint density at radius 2 is 1.27 bits per heavy atom. The van der Waals surface area contributed by atoms with Crippen LogP contribution in [0.5, 0.6) is 0 Å². The maximum absolute atomic E-state index is 7.12. The second-order valence-corrected chi connectivity index (χ2v) is 31.7. The van der Waals surface area contributed by atoms with Gasteiger partial charge in [0.2, 0.25) is 0 Å². The molecule has 0 aliphatic rings. The van der Waals surface area contributed by atoms with Gasteiger partial charge < -0.3 is 25.8 Å². The number of aromatic nitrogens is 2. The van der Waals surface area contributed by atoms with Crippen molar-refractivity contribution in [2.75, 3.05) is 13.7 Å². The monoisotopic (exact) mass is 550 g/mol. The Labute approximate surface area is 208 Å². The van der Waals surface area contributed by atoms with Crippen molar-refractivity contribution in [3.05, 3.63) is 18.7 Å². The number of rotatable bonds is 17. The fourth-order valence-electron chi connectivity index (χ4n) is 4.32. The van der Waals surface area contributed by atoms with Crippen molar-refractivity contribution in [2.45, 2.75) is 103 Å². The summed E-state index contributed by atoms with van der Waals surface area (Å²) in [5, 5.41) is 0. The van der Waals surface area contributed by atoms with Crippen LogP contribution in [0, 0.1) is 0 Å². The minimum atomic E-state index is -2.57. The third-order valence-electron chi connectivity index (χ3n) is 4.80. The van der Waals surface area contributed by atoms with Crippen molar-refractivity contribution in [1.29, 1.82) is 0 Å². The number of ether oxygens (including phenoxy) is 1. The number of methoxy groups -OCH3 is 1. The zero-order chi connectivity index (χ0) is 25.4. The van der Waals surface area contributed by atoms with Gasteiger partial charge in [0.05, 0.1) is 6.33 Å². The highest BCUT2D eigenvalue weighted by Crippen LogP contribution is 2.32. The van der Waals surface area contributed by atoms with Crippen LogP contribution in [0.4, 0.5) is 0 Å². The third kappa shape index (κ3) is 14.3. The first-order valence-electron chi connectivity index (χ1n) is 12.2. The van der Waals surface area contributed by atoms with E-state index in [1.54, 1.807) is 7.11 Å². The van der Waals surface area contributed by atoms with Gasteiger partial charge in [0.1, 0.15) is 0 Å². The van der Waals surface area contributed by atoms with Crippen molar-refractivity contribution in [1.82, 2.24) is 9.55 Å². The summed E-state index contributed by atoms with van der Waals surface area (Å²) in [5.74, 6) is 0. The van der Waals surface area contributed by atoms with Gasteiger partial charge >= 0.3 is 25.7 Å². The molecule has 1 aromatic heterocycles.